The lowest BCUT2D eigenvalue weighted by atomic mass is 9.68. The average molecular weight is 882 g/mol. The van der Waals surface area contributed by atoms with Gasteiger partial charge in [-0.25, -0.2) is 15.0 Å². The first-order chi connectivity index (χ1) is 34.2. The van der Waals surface area contributed by atoms with E-state index in [-0.39, 0.29) is 0 Å². The van der Waals surface area contributed by atoms with Crippen LogP contribution in [-0.4, -0.2) is 15.0 Å². The zero-order valence-electron chi connectivity index (χ0n) is 37.2. The molecule has 2 heterocycles. The van der Waals surface area contributed by atoms with Gasteiger partial charge in [-0.05, 0) is 102 Å². The summed E-state index contributed by atoms with van der Waals surface area (Å²) in [4.78, 5) is 15.5. The van der Waals surface area contributed by atoms with Crippen LogP contribution in [0.4, 0.5) is 0 Å². The lowest BCUT2D eigenvalue weighted by Gasteiger charge is -2.34. The van der Waals surface area contributed by atoms with Crippen molar-refractivity contribution < 1.29 is 9.47 Å². The van der Waals surface area contributed by atoms with Gasteiger partial charge in [0.15, 0.2) is 40.5 Å². The number of rotatable bonds is 6. The second kappa shape index (κ2) is 15.4. The minimum absolute atomic E-state index is 0.553. The van der Waals surface area contributed by atoms with Crippen LogP contribution in [0.2, 0.25) is 0 Å². The molecule has 0 spiro atoms. The van der Waals surface area contributed by atoms with Gasteiger partial charge in [0.05, 0.1) is 5.41 Å². The van der Waals surface area contributed by atoms with Crippen molar-refractivity contribution in [1.82, 2.24) is 15.0 Å². The van der Waals surface area contributed by atoms with Crippen LogP contribution in [-0.2, 0) is 5.41 Å². The summed E-state index contributed by atoms with van der Waals surface area (Å²) in [6.07, 6.45) is 0. The highest BCUT2D eigenvalue weighted by molar-refractivity contribution is 6.25. The third kappa shape index (κ3) is 6.07. The molecule has 0 saturated heterocycles. The van der Waals surface area contributed by atoms with Crippen molar-refractivity contribution in [2.24, 2.45) is 0 Å². The van der Waals surface area contributed by atoms with E-state index in [2.05, 4.69) is 200 Å². The summed E-state index contributed by atoms with van der Waals surface area (Å²) in [5, 5.41) is 7.25. The lowest BCUT2D eigenvalue weighted by Crippen LogP contribution is -2.28. The van der Waals surface area contributed by atoms with Gasteiger partial charge in [0.1, 0.15) is 0 Å². The third-order valence-electron chi connectivity index (χ3n) is 14.0. The highest BCUT2D eigenvalue weighted by atomic mass is 16.6. The summed E-state index contributed by atoms with van der Waals surface area (Å²) in [7, 11) is 0. The molecule has 1 aliphatic carbocycles. The Bertz CT molecular complexity index is 3950. The van der Waals surface area contributed by atoms with E-state index in [1.165, 1.54) is 43.6 Å². The number of benzene rings is 11. The van der Waals surface area contributed by atoms with Gasteiger partial charge in [0, 0.05) is 22.3 Å². The van der Waals surface area contributed by atoms with E-state index in [4.69, 9.17) is 24.4 Å². The minimum atomic E-state index is -0.553. The molecule has 5 heteroatoms. The van der Waals surface area contributed by atoms with E-state index >= 15 is 0 Å². The fraction of sp³-hybridized carbons (Fsp3) is 0.0156. The maximum atomic E-state index is 7.07. The van der Waals surface area contributed by atoms with Gasteiger partial charge in [0.2, 0.25) is 0 Å². The molecule has 5 nitrogen and oxygen atoms in total. The van der Waals surface area contributed by atoms with Crippen molar-refractivity contribution in [3.05, 3.63) is 259 Å². The van der Waals surface area contributed by atoms with Crippen LogP contribution in [0.25, 0.3) is 88.7 Å². The van der Waals surface area contributed by atoms with Gasteiger partial charge in [0.25, 0.3) is 0 Å². The van der Waals surface area contributed by atoms with Gasteiger partial charge in [-0.1, -0.05) is 206 Å². The second-order valence-corrected chi connectivity index (χ2v) is 17.8. The maximum Gasteiger partial charge on any atom is 0.178 e. The van der Waals surface area contributed by atoms with Crippen LogP contribution in [0.3, 0.4) is 0 Å². The van der Waals surface area contributed by atoms with Crippen LogP contribution >= 0.6 is 0 Å². The minimum Gasteiger partial charge on any atom is -0.449 e. The molecule has 12 aromatic rings. The van der Waals surface area contributed by atoms with E-state index in [1.54, 1.807) is 0 Å². The summed E-state index contributed by atoms with van der Waals surface area (Å²) in [6, 6.07) is 83.2. The fourth-order valence-electron chi connectivity index (χ4n) is 11.0. The van der Waals surface area contributed by atoms with Crippen molar-refractivity contribution in [2.45, 2.75) is 5.41 Å². The maximum absolute atomic E-state index is 7.07. The second-order valence-electron chi connectivity index (χ2n) is 17.8. The molecule has 1 aliphatic heterocycles. The number of aromatic nitrogens is 3. The first-order valence-electron chi connectivity index (χ1n) is 23.3. The Morgan fingerprint density at radius 1 is 0.290 bits per heavy atom. The summed E-state index contributed by atoms with van der Waals surface area (Å²) < 4.78 is 13.8. The van der Waals surface area contributed by atoms with Crippen molar-refractivity contribution in [3.8, 4) is 79.4 Å². The summed E-state index contributed by atoms with van der Waals surface area (Å²) in [6.45, 7) is 0. The molecule has 0 bridgehead atoms. The Morgan fingerprint density at radius 2 is 0.783 bits per heavy atom. The van der Waals surface area contributed by atoms with E-state index in [9.17, 15) is 0 Å². The SMILES string of the molecule is c1ccc(-c2nc(-c3cccc(-c4ccc5c(c4)Oc4c(ccc6c4-c4ccccc4C6(c4ccccc4)c4ccccc4)O5)c3)nc(-c3ccc4c5ccccc5c5ccccc5c4c3)n2)cc1. The monoisotopic (exact) mass is 881 g/mol. The van der Waals surface area contributed by atoms with Gasteiger partial charge in [-0.15, -0.1) is 0 Å². The molecule has 2 aliphatic rings. The molecule has 11 aromatic carbocycles. The summed E-state index contributed by atoms with van der Waals surface area (Å²) >= 11 is 0. The largest absolute Gasteiger partial charge is 0.449 e. The smallest absolute Gasteiger partial charge is 0.178 e. The first kappa shape index (κ1) is 39.0. The number of ether oxygens (including phenoxy) is 2. The zero-order valence-corrected chi connectivity index (χ0v) is 37.2. The molecular formula is C64H39N3O2. The number of fused-ring (bicyclic) bond motifs is 12. The molecule has 0 unspecified atom stereocenters. The molecule has 14 rings (SSSR count). The molecule has 322 valence electrons. The Balaban J connectivity index is 0.871. The molecule has 0 atom stereocenters. The highest BCUT2D eigenvalue weighted by Crippen LogP contribution is 2.62. The summed E-state index contributed by atoms with van der Waals surface area (Å²) in [5.41, 5.74) is 11.1. The molecule has 0 N–H and O–H groups in total. The lowest BCUT2D eigenvalue weighted by molar-refractivity contribution is 0.360. The molecular weight excluding hydrogens is 843 g/mol. The van der Waals surface area contributed by atoms with E-state index in [0.717, 1.165) is 49.9 Å². The van der Waals surface area contributed by atoms with Gasteiger partial charge in [-0.2, -0.15) is 0 Å². The van der Waals surface area contributed by atoms with Crippen LogP contribution in [0.15, 0.2) is 237 Å². The number of hydrogen-bond donors (Lipinski definition) is 0. The molecule has 0 radical (unpaired) electrons. The Morgan fingerprint density at radius 3 is 1.46 bits per heavy atom. The van der Waals surface area contributed by atoms with Gasteiger partial charge >= 0.3 is 0 Å². The topological polar surface area (TPSA) is 57.1 Å². The number of nitrogens with zero attached hydrogens (tertiary/aromatic N) is 3. The van der Waals surface area contributed by atoms with E-state index < -0.39 is 5.41 Å². The van der Waals surface area contributed by atoms with Crippen molar-refractivity contribution >= 4 is 32.3 Å². The van der Waals surface area contributed by atoms with Crippen LogP contribution in [0.5, 0.6) is 23.0 Å². The normalized spacial score (nSPS) is 13.0. The molecule has 0 saturated carbocycles. The van der Waals surface area contributed by atoms with Crippen LogP contribution in [0.1, 0.15) is 22.3 Å². The van der Waals surface area contributed by atoms with Crippen molar-refractivity contribution in [3.63, 3.8) is 0 Å². The Hall–Kier alpha value is -9.19. The predicted molar refractivity (Wildman–Crippen MR) is 278 cm³/mol. The van der Waals surface area contributed by atoms with Crippen LogP contribution in [0, 0.1) is 0 Å². The molecule has 69 heavy (non-hydrogen) atoms. The Labute approximate surface area is 398 Å². The zero-order chi connectivity index (χ0) is 45.5. The number of hydrogen-bond acceptors (Lipinski definition) is 5. The van der Waals surface area contributed by atoms with Crippen LogP contribution < -0.4 is 9.47 Å². The fourth-order valence-corrected chi connectivity index (χ4v) is 11.0. The van der Waals surface area contributed by atoms with Gasteiger partial charge in [-0.3, -0.25) is 0 Å². The van der Waals surface area contributed by atoms with E-state index in [0.29, 0.717) is 40.5 Å². The predicted octanol–water partition coefficient (Wildman–Crippen LogP) is 16.3. The van der Waals surface area contributed by atoms with Crippen molar-refractivity contribution in [1.29, 1.82) is 0 Å². The standard InChI is InChI=1S/C64H39N3O2/c1-4-17-40(18-5-1)61-65-62(67-63(66-61)44-31-33-51-49-27-11-10-25-47(49)48-26-12-13-28-50(48)53(51)38-44)43-20-16-19-41(37-43)42-32-35-56-58(39-42)69-60-57(68-56)36-34-55-59(60)52-29-14-15-30-54(52)64(55,45-21-6-2-7-22-45)46-23-8-3-9-24-46/h1-39H. The molecule has 0 fully saturated rings. The first-order valence-corrected chi connectivity index (χ1v) is 23.3. The summed E-state index contributed by atoms with van der Waals surface area (Å²) in [5.74, 6) is 4.53. The highest BCUT2D eigenvalue weighted by Gasteiger charge is 2.48. The van der Waals surface area contributed by atoms with Crippen molar-refractivity contribution in [2.75, 3.05) is 0 Å². The molecule has 1 aromatic heterocycles. The molecule has 0 amide bonds. The average Bonchev–Trinajstić information content (AvgIpc) is 3.74. The van der Waals surface area contributed by atoms with Gasteiger partial charge < -0.3 is 9.47 Å². The van der Waals surface area contributed by atoms with E-state index in [1.807, 2.05) is 36.4 Å². The Kier molecular flexibility index (Phi) is 8.73. The quantitative estimate of drug-likeness (QED) is 0.156. The third-order valence-corrected chi connectivity index (χ3v) is 14.0.